The Kier molecular flexibility index (Phi) is 4.34. The molecule has 112 valence electrons. The van der Waals surface area contributed by atoms with Gasteiger partial charge in [0.2, 0.25) is 0 Å². The molecule has 21 heavy (non-hydrogen) atoms. The third-order valence-corrected chi connectivity index (χ3v) is 4.20. The Morgan fingerprint density at radius 3 is 2.81 bits per heavy atom. The highest BCUT2D eigenvalue weighted by Crippen LogP contribution is 2.30. The number of hydrogen-bond donors (Lipinski definition) is 1. The maximum atomic E-state index is 13.9. The first-order valence-electron chi connectivity index (χ1n) is 7.45. The van der Waals surface area contributed by atoms with Crippen molar-refractivity contribution in [3.8, 4) is 0 Å². The van der Waals surface area contributed by atoms with Gasteiger partial charge in [-0.2, -0.15) is 0 Å². The predicted molar refractivity (Wildman–Crippen MR) is 77.2 cm³/mol. The monoisotopic (exact) mass is 291 g/mol. The van der Waals surface area contributed by atoms with Crippen molar-refractivity contribution in [1.29, 1.82) is 0 Å². The summed E-state index contributed by atoms with van der Waals surface area (Å²) in [5, 5.41) is 3.50. The molecule has 1 aliphatic rings. The Labute approximate surface area is 123 Å². The quantitative estimate of drug-likeness (QED) is 0.920. The number of benzene rings is 1. The fraction of sp³-hybridized carbons (Fsp3) is 0.412. The number of rotatable bonds is 4. The zero-order chi connectivity index (χ0) is 14.7. The molecule has 0 amide bonds. The number of halogens is 2. The van der Waals surface area contributed by atoms with Crippen LogP contribution in [-0.2, 0) is 6.42 Å². The van der Waals surface area contributed by atoms with Crippen molar-refractivity contribution in [2.45, 2.75) is 37.6 Å². The van der Waals surface area contributed by atoms with Gasteiger partial charge in [0.1, 0.15) is 17.4 Å². The average Bonchev–Trinajstić information content (AvgIpc) is 3.01. The van der Waals surface area contributed by atoms with Crippen LogP contribution in [0.3, 0.4) is 0 Å². The maximum absolute atomic E-state index is 13.9. The molecule has 0 saturated carbocycles. The molecule has 3 rings (SSSR count). The molecule has 1 saturated heterocycles. The molecule has 0 bridgehead atoms. The fourth-order valence-corrected chi connectivity index (χ4v) is 3.09. The molecule has 4 heteroatoms. The molecule has 0 spiro atoms. The van der Waals surface area contributed by atoms with E-state index in [1.165, 1.54) is 25.0 Å². The Morgan fingerprint density at radius 1 is 1.24 bits per heavy atom. The summed E-state index contributed by atoms with van der Waals surface area (Å²) in [6, 6.07) is 7.85. The van der Waals surface area contributed by atoms with Crippen molar-refractivity contribution in [2.24, 2.45) is 0 Å². The first-order chi connectivity index (χ1) is 10.2. The third-order valence-electron chi connectivity index (χ3n) is 4.20. The van der Waals surface area contributed by atoms with Crippen LogP contribution in [-0.4, -0.2) is 12.6 Å². The SMILES string of the molecule is Fc1ccc(CC(c2ccco2)C2CCCCN2)c(F)c1. The van der Waals surface area contributed by atoms with Gasteiger partial charge in [0, 0.05) is 18.0 Å². The lowest BCUT2D eigenvalue weighted by Crippen LogP contribution is -2.39. The molecule has 1 aliphatic heterocycles. The van der Waals surface area contributed by atoms with Crippen LogP contribution in [0.2, 0.25) is 0 Å². The molecule has 1 aromatic carbocycles. The largest absolute Gasteiger partial charge is 0.469 e. The van der Waals surface area contributed by atoms with Gasteiger partial charge in [-0.05, 0) is 49.6 Å². The Hall–Kier alpha value is -1.68. The molecule has 0 aliphatic carbocycles. The van der Waals surface area contributed by atoms with E-state index in [-0.39, 0.29) is 12.0 Å². The lowest BCUT2D eigenvalue weighted by molar-refractivity contribution is 0.313. The molecular weight excluding hydrogens is 272 g/mol. The topological polar surface area (TPSA) is 25.2 Å². The summed E-state index contributed by atoms with van der Waals surface area (Å²) in [5.74, 6) is -0.0951. The van der Waals surface area contributed by atoms with Crippen LogP contribution < -0.4 is 5.32 Å². The molecular formula is C17H19F2NO. The van der Waals surface area contributed by atoms with Gasteiger partial charge in [-0.15, -0.1) is 0 Å². The molecule has 1 aromatic heterocycles. The zero-order valence-electron chi connectivity index (χ0n) is 11.8. The van der Waals surface area contributed by atoms with E-state index < -0.39 is 11.6 Å². The van der Waals surface area contributed by atoms with E-state index in [4.69, 9.17) is 4.42 Å². The highest BCUT2D eigenvalue weighted by atomic mass is 19.1. The van der Waals surface area contributed by atoms with Crippen LogP contribution >= 0.6 is 0 Å². The van der Waals surface area contributed by atoms with E-state index in [9.17, 15) is 8.78 Å². The van der Waals surface area contributed by atoms with Crippen LogP contribution in [0.5, 0.6) is 0 Å². The van der Waals surface area contributed by atoms with E-state index in [2.05, 4.69) is 5.32 Å². The molecule has 2 unspecified atom stereocenters. The summed E-state index contributed by atoms with van der Waals surface area (Å²) < 4.78 is 32.5. The van der Waals surface area contributed by atoms with Crippen molar-refractivity contribution in [3.05, 3.63) is 59.6 Å². The van der Waals surface area contributed by atoms with Gasteiger partial charge in [-0.25, -0.2) is 8.78 Å². The number of piperidine rings is 1. The first kappa shape index (κ1) is 14.3. The van der Waals surface area contributed by atoms with Gasteiger partial charge in [0.05, 0.1) is 6.26 Å². The van der Waals surface area contributed by atoms with Gasteiger partial charge in [0.15, 0.2) is 0 Å². The van der Waals surface area contributed by atoms with Gasteiger partial charge in [-0.3, -0.25) is 0 Å². The van der Waals surface area contributed by atoms with Crippen LogP contribution in [0.1, 0.15) is 36.5 Å². The van der Waals surface area contributed by atoms with E-state index in [0.717, 1.165) is 24.8 Å². The van der Waals surface area contributed by atoms with Crippen molar-refractivity contribution in [1.82, 2.24) is 5.32 Å². The maximum Gasteiger partial charge on any atom is 0.129 e. The molecule has 1 fully saturated rings. The van der Waals surface area contributed by atoms with Crippen LogP contribution in [0, 0.1) is 11.6 Å². The molecule has 2 nitrogen and oxygen atoms in total. The summed E-state index contributed by atoms with van der Waals surface area (Å²) >= 11 is 0. The Bertz CT molecular complexity index is 576. The second-order valence-electron chi connectivity index (χ2n) is 5.62. The number of hydrogen-bond acceptors (Lipinski definition) is 2. The first-order valence-corrected chi connectivity index (χ1v) is 7.45. The summed E-state index contributed by atoms with van der Waals surface area (Å²) in [6.45, 7) is 0.980. The minimum absolute atomic E-state index is 0.0697. The summed E-state index contributed by atoms with van der Waals surface area (Å²) in [6.07, 6.45) is 5.55. The lowest BCUT2D eigenvalue weighted by Gasteiger charge is -2.30. The van der Waals surface area contributed by atoms with Crippen molar-refractivity contribution in [3.63, 3.8) is 0 Å². The van der Waals surface area contributed by atoms with Crippen molar-refractivity contribution < 1.29 is 13.2 Å². The zero-order valence-corrected chi connectivity index (χ0v) is 11.8. The highest BCUT2D eigenvalue weighted by Gasteiger charge is 2.27. The van der Waals surface area contributed by atoms with Gasteiger partial charge in [-0.1, -0.05) is 12.5 Å². The van der Waals surface area contributed by atoms with Crippen LogP contribution in [0.4, 0.5) is 8.78 Å². The highest BCUT2D eigenvalue weighted by molar-refractivity contribution is 5.23. The molecule has 0 radical (unpaired) electrons. The van der Waals surface area contributed by atoms with Crippen LogP contribution in [0.15, 0.2) is 41.0 Å². The summed E-state index contributed by atoms with van der Waals surface area (Å²) in [4.78, 5) is 0. The third kappa shape index (κ3) is 3.32. The smallest absolute Gasteiger partial charge is 0.129 e. The van der Waals surface area contributed by atoms with E-state index in [1.807, 2.05) is 12.1 Å². The minimum atomic E-state index is -0.540. The van der Waals surface area contributed by atoms with Gasteiger partial charge in [0.25, 0.3) is 0 Å². The van der Waals surface area contributed by atoms with E-state index >= 15 is 0 Å². The molecule has 1 N–H and O–H groups in total. The predicted octanol–water partition coefficient (Wildman–Crippen LogP) is 4.03. The van der Waals surface area contributed by atoms with Gasteiger partial charge < -0.3 is 9.73 Å². The number of nitrogens with one attached hydrogen (secondary N) is 1. The summed E-state index contributed by atoms with van der Waals surface area (Å²) in [5.41, 5.74) is 0.533. The lowest BCUT2D eigenvalue weighted by atomic mass is 9.85. The summed E-state index contributed by atoms with van der Waals surface area (Å²) in [7, 11) is 0. The minimum Gasteiger partial charge on any atom is -0.469 e. The van der Waals surface area contributed by atoms with Crippen molar-refractivity contribution in [2.75, 3.05) is 6.54 Å². The molecule has 2 heterocycles. The van der Waals surface area contributed by atoms with Gasteiger partial charge >= 0.3 is 0 Å². The standard InChI is InChI=1S/C17H19F2NO/c18-13-7-6-12(15(19)11-13)10-14(17-5-3-9-21-17)16-4-1-2-8-20-16/h3,5-7,9,11,14,16,20H,1-2,4,8,10H2. The normalized spacial score (nSPS) is 20.4. The molecule has 2 atom stereocenters. The van der Waals surface area contributed by atoms with Crippen LogP contribution in [0.25, 0.3) is 0 Å². The van der Waals surface area contributed by atoms with Crippen molar-refractivity contribution >= 4 is 0 Å². The second-order valence-corrected chi connectivity index (χ2v) is 5.62. The Balaban J connectivity index is 1.85. The Morgan fingerprint density at radius 2 is 2.14 bits per heavy atom. The van der Waals surface area contributed by atoms with E-state index in [0.29, 0.717) is 12.0 Å². The molecule has 2 aromatic rings. The number of furan rings is 1. The second kappa shape index (κ2) is 6.39. The average molecular weight is 291 g/mol. The van der Waals surface area contributed by atoms with E-state index in [1.54, 1.807) is 6.26 Å². The fourth-order valence-electron chi connectivity index (χ4n) is 3.09.